The fourth-order valence-electron chi connectivity index (χ4n) is 2.32. The molecule has 0 spiro atoms. The van der Waals surface area contributed by atoms with Gasteiger partial charge in [-0.05, 0) is 37.0 Å². The standard InChI is InChI=1S/C18H21NO2/c1-13-8-9-14(2)16(10-13)12-19-17(18(20)21)11-15-6-4-3-5-7-15/h3-10,17,19H,11-12H2,1-2H3,(H,20,21)/t17-/m1/s1. The Morgan fingerprint density at radius 3 is 2.52 bits per heavy atom. The maximum atomic E-state index is 11.4. The first-order chi connectivity index (χ1) is 10.1. The molecule has 2 rings (SSSR count). The number of carboxylic acids is 1. The molecule has 0 bridgehead atoms. The number of benzene rings is 2. The summed E-state index contributed by atoms with van der Waals surface area (Å²) in [4.78, 5) is 11.4. The van der Waals surface area contributed by atoms with Crippen molar-refractivity contribution in [3.63, 3.8) is 0 Å². The molecule has 2 aromatic rings. The van der Waals surface area contributed by atoms with E-state index in [0.29, 0.717) is 13.0 Å². The monoisotopic (exact) mass is 283 g/mol. The minimum Gasteiger partial charge on any atom is -0.480 e. The maximum absolute atomic E-state index is 11.4. The van der Waals surface area contributed by atoms with Gasteiger partial charge in [0.2, 0.25) is 0 Å². The number of nitrogens with one attached hydrogen (secondary N) is 1. The Morgan fingerprint density at radius 2 is 1.86 bits per heavy atom. The van der Waals surface area contributed by atoms with Crippen molar-refractivity contribution in [1.82, 2.24) is 5.32 Å². The van der Waals surface area contributed by atoms with E-state index in [1.807, 2.05) is 44.2 Å². The molecule has 1 atom stereocenters. The van der Waals surface area contributed by atoms with Crippen LogP contribution < -0.4 is 5.32 Å². The minimum atomic E-state index is -0.816. The summed E-state index contributed by atoms with van der Waals surface area (Å²) in [6, 6.07) is 15.4. The summed E-state index contributed by atoms with van der Waals surface area (Å²) in [7, 11) is 0. The summed E-state index contributed by atoms with van der Waals surface area (Å²) in [5.74, 6) is -0.816. The van der Waals surface area contributed by atoms with E-state index < -0.39 is 12.0 Å². The molecule has 0 saturated heterocycles. The Hall–Kier alpha value is -2.13. The fraction of sp³-hybridized carbons (Fsp3) is 0.278. The summed E-state index contributed by atoms with van der Waals surface area (Å²) < 4.78 is 0. The third-order valence-corrected chi connectivity index (χ3v) is 3.62. The average molecular weight is 283 g/mol. The van der Waals surface area contributed by atoms with Gasteiger partial charge in [0, 0.05) is 6.54 Å². The number of rotatable bonds is 6. The molecule has 2 N–H and O–H groups in total. The van der Waals surface area contributed by atoms with Gasteiger partial charge in [0.05, 0.1) is 0 Å². The van der Waals surface area contributed by atoms with Crippen molar-refractivity contribution < 1.29 is 9.90 Å². The van der Waals surface area contributed by atoms with Gasteiger partial charge in [0.1, 0.15) is 6.04 Å². The van der Waals surface area contributed by atoms with Crippen molar-refractivity contribution in [3.05, 3.63) is 70.8 Å². The number of carboxylic acid groups (broad SMARTS) is 1. The number of hydrogen-bond donors (Lipinski definition) is 2. The van der Waals surface area contributed by atoms with E-state index in [2.05, 4.69) is 23.5 Å². The highest BCUT2D eigenvalue weighted by molar-refractivity contribution is 5.73. The molecule has 2 aromatic carbocycles. The molecule has 0 saturated carbocycles. The van der Waals surface area contributed by atoms with E-state index in [1.54, 1.807) is 0 Å². The minimum absolute atomic E-state index is 0.487. The summed E-state index contributed by atoms with van der Waals surface area (Å²) in [6.07, 6.45) is 0.487. The van der Waals surface area contributed by atoms with Crippen molar-refractivity contribution in [3.8, 4) is 0 Å². The highest BCUT2D eigenvalue weighted by Crippen LogP contribution is 2.11. The van der Waals surface area contributed by atoms with Gasteiger partial charge in [-0.25, -0.2) is 0 Å². The van der Waals surface area contributed by atoms with Crippen LogP contribution in [0, 0.1) is 13.8 Å². The molecular formula is C18H21NO2. The number of aliphatic carboxylic acids is 1. The zero-order chi connectivity index (χ0) is 15.2. The zero-order valence-corrected chi connectivity index (χ0v) is 12.5. The van der Waals surface area contributed by atoms with E-state index in [1.165, 1.54) is 11.1 Å². The SMILES string of the molecule is Cc1ccc(C)c(CN[C@H](Cc2ccccc2)C(=O)O)c1. The number of hydrogen-bond acceptors (Lipinski definition) is 2. The summed E-state index contributed by atoms with van der Waals surface area (Å²) in [5, 5.41) is 12.5. The molecule has 0 aromatic heterocycles. The second-order valence-corrected chi connectivity index (χ2v) is 5.39. The number of carbonyl (C=O) groups is 1. The van der Waals surface area contributed by atoms with Crippen LogP contribution >= 0.6 is 0 Å². The van der Waals surface area contributed by atoms with Gasteiger partial charge in [-0.15, -0.1) is 0 Å². The van der Waals surface area contributed by atoms with Gasteiger partial charge < -0.3 is 10.4 Å². The number of aryl methyl sites for hydroxylation is 2. The normalized spacial score (nSPS) is 12.1. The fourth-order valence-corrected chi connectivity index (χ4v) is 2.32. The summed E-state index contributed by atoms with van der Waals surface area (Å²) in [6.45, 7) is 4.66. The van der Waals surface area contributed by atoms with Crippen LogP contribution in [-0.4, -0.2) is 17.1 Å². The van der Waals surface area contributed by atoms with E-state index in [4.69, 9.17) is 0 Å². The quantitative estimate of drug-likeness (QED) is 0.856. The molecule has 0 aliphatic rings. The summed E-state index contributed by atoms with van der Waals surface area (Å²) >= 11 is 0. The maximum Gasteiger partial charge on any atom is 0.321 e. The molecular weight excluding hydrogens is 262 g/mol. The molecule has 0 heterocycles. The Bertz CT molecular complexity index is 608. The van der Waals surface area contributed by atoms with Crippen LogP contribution in [0.5, 0.6) is 0 Å². The Kier molecular flexibility index (Phi) is 5.12. The first kappa shape index (κ1) is 15.3. The smallest absolute Gasteiger partial charge is 0.321 e. The van der Waals surface area contributed by atoms with Crippen LogP contribution in [0.3, 0.4) is 0 Å². The molecule has 3 heteroatoms. The Balaban J connectivity index is 2.03. The topological polar surface area (TPSA) is 49.3 Å². The van der Waals surface area contributed by atoms with Crippen LogP contribution in [-0.2, 0) is 17.8 Å². The van der Waals surface area contributed by atoms with Crippen LogP contribution in [0.1, 0.15) is 22.3 Å². The molecule has 21 heavy (non-hydrogen) atoms. The first-order valence-electron chi connectivity index (χ1n) is 7.12. The van der Waals surface area contributed by atoms with E-state index >= 15 is 0 Å². The third kappa shape index (κ3) is 4.43. The highest BCUT2D eigenvalue weighted by Gasteiger charge is 2.17. The molecule has 0 fully saturated rings. The predicted octanol–water partition coefficient (Wildman–Crippen LogP) is 3.09. The molecule has 0 aliphatic carbocycles. The molecule has 0 radical (unpaired) electrons. The van der Waals surface area contributed by atoms with Crippen molar-refractivity contribution >= 4 is 5.97 Å². The largest absolute Gasteiger partial charge is 0.480 e. The van der Waals surface area contributed by atoms with Gasteiger partial charge >= 0.3 is 5.97 Å². The van der Waals surface area contributed by atoms with Gasteiger partial charge in [0.15, 0.2) is 0 Å². The van der Waals surface area contributed by atoms with Gasteiger partial charge in [-0.2, -0.15) is 0 Å². The van der Waals surface area contributed by atoms with Crippen molar-refractivity contribution in [2.24, 2.45) is 0 Å². The highest BCUT2D eigenvalue weighted by atomic mass is 16.4. The molecule has 0 unspecified atom stereocenters. The van der Waals surface area contributed by atoms with Crippen LogP contribution in [0.4, 0.5) is 0 Å². The Labute approximate surface area is 125 Å². The van der Waals surface area contributed by atoms with Crippen molar-refractivity contribution in [1.29, 1.82) is 0 Å². The van der Waals surface area contributed by atoms with Crippen LogP contribution in [0.15, 0.2) is 48.5 Å². The molecule has 110 valence electrons. The molecule has 0 aliphatic heterocycles. The van der Waals surface area contributed by atoms with Gasteiger partial charge in [0.25, 0.3) is 0 Å². The summed E-state index contributed by atoms with van der Waals surface area (Å²) in [5.41, 5.74) is 4.54. The van der Waals surface area contributed by atoms with Crippen LogP contribution in [0.2, 0.25) is 0 Å². The molecule has 0 amide bonds. The second kappa shape index (κ2) is 7.04. The van der Waals surface area contributed by atoms with Crippen molar-refractivity contribution in [2.75, 3.05) is 0 Å². The lowest BCUT2D eigenvalue weighted by molar-refractivity contribution is -0.139. The lowest BCUT2D eigenvalue weighted by Gasteiger charge is -2.16. The van der Waals surface area contributed by atoms with E-state index in [-0.39, 0.29) is 0 Å². The molecule has 3 nitrogen and oxygen atoms in total. The average Bonchev–Trinajstić information content (AvgIpc) is 2.47. The van der Waals surface area contributed by atoms with Gasteiger partial charge in [-0.3, -0.25) is 4.79 Å². The predicted molar refractivity (Wildman–Crippen MR) is 84.3 cm³/mol. The van der Waals surface area contributed by atoms with E-state index in [0.717, 1.165) is 11.1 Å². The van der Waals surface area contributed by atoms with Crippen LogP contribution in [0.25, 0.3) is 0 Å². The van der Waals surface area contributed by atoms with E-state index in [9.17, 15) is 9.90 Å². The lowest BCUT2D eigenvalue weighted by Crippen LogP contribution is -2.38. The zero-order valence-electron chi connectivity index (χ0n) is 12.5. The van der Waals surface area contributed by atoms with Gasteiger partial charge in [-0.1, -0.05) is 54.1 Å². The van der Waals surface area contributed by atoms with Crippen molar-refractivity contribution in [2.45, 2.75) is 32.9 Å². The second-order valence-electron chi connectivity index (χ2n) is 5.39. The first-order valence-corrected chi connectivity index (χ1v) is 7.12. The lowest BCUT2D eigenvalue weighted by atomic mass is 10.0. The third-order valence-electron chi connectivity index (χ3n) is 3.62. The Morgan fingerprint density at radius 1 is 1.14 bits per heavy atom.